The lowest BCUT2D eigenvalue weighted by Gasteiger charge is -2.21. The third-order valence-electron chi connectivity index (χ3n) is 3.49. The number of fused-ring (bicyclic) bond motifs is 1. The number of rotatable bonds is 5. The lowest BCUT2D eigenvalue weighted by molar-refractivity contribution is 0.0941. The Kier molecular flexibility index (Phi) is 5.13. The third kappa shape index (κ3) is 3.33. The molecule has 0 aliphatic rings. The van der Waals surface area contributed by atoms with Crippen LogP contribution in [0.3, 0.4) is 0 Å². The van der Waals surface area contributed by atoms with E-state index in [4.69, 9.17) is 5.73 Å². The van der Waals surface area contributed by atoms with E-state index < -0.39 is 0 Å². The maximum atomic E-state index is 12.4. The third-order valence-corrected chi connectivity index (χ3v) is 5.82. The Morgan fingerprint density at radius 3 is 2.86 bits per heavy atom. The first-order valence-corrected chi connectivity index (χ1v) is 8.81. The molecule has 0 spiro atoms. The predicted molar refractivity (Wildman–Crippen MR) is 92.3 cm³/mol. The number of thiophene rings is 1. The summed E-state index contributed by atoms with van der Waals surface area (Å²) in [6.07, 6.45) is 1.92. The van der Waals surface area contributed by atoms with Crippen molar-refractivity contribution in [1.82, 2.24) is 5.32 Å². The van der Waals surface area contributed by atoms with Crippen LogP contribution < -0.4 is 11.1 Å². The smallest absolute Gasteiger partial charge is 0.263 e. The van der Waals surface area contributed by atoms with Crippen molar-refractivity contribution in [2.24, 2.45) is 0 Å². The Bertz CT molecular complexity index is 650. The summed E-state index contributed by atoms with van der Waals surface area (Å²) in [5.74, 6) is -0.175. The molecular weight excluding hydrogens is 304 g/mol. The van der Waals surface area contributed by atoms with Gasteiger partial charge in [0.05, 0.1) is 12.3 Å². The molecule has 114 valence electrons. The summed E-state index contributed by atoms with van der Waals surface area (Å²) in [5.41, 5.74) is 7.78. The molecule has 4 N–H and O–H groups in total. The number of nitrogens with two attached hydrogens (primary N) is 1. The maximum absolute atomic E-state index is 12.4. The van der Waals surface area contributed by atoms with Gasteiger partial charge in [-0.05, 0) is 31.7 Å². The first-order valence-electron chi connectivity index (χ1n) is 6.71. The molecule has 0 saturated heterocycles. The molecule has 1 heterocycles. The molecule has 1 amide bonds. The number of aryl methyl sites for hydroxylation is 1. The zero-order valence-corrected chi connectivity index (χ0v) is 14.0. The molecule has 0 radical (unpaired) electrons. The monoisotopic (exact) mass is 324 g/mol. The minimum absolute atomic E-state index is 0.0215. The van der Waals surface area contributed by atoms with Gasteiger partial charge in [0.15, 0.2) is 0 Å². The number of thioether (sulfide) groups is 1. The van der Waals surface area contributed by atoms with E-state index in [2.05, 4.69) is 5.32 Å². The molecule has 2 unspecified atom stereocenters. The number of aliphatic hydroxyl groups is 1. The van der Waals surface area contributed by atoms with Crippen LogP contribution in [0.25, 0.3) is 10.1 Å². The Morgan fingerprint density at radius 2 is 2.24 bits per heavy atom. The topological polar surface area (TPSA) is 75.3 Å². The molecular formula is C15H20N2O2S2. The van der Waals surface area contributed by atoms with E-state index in [1.807, 2.05) is 38.3 Å². The van der Waals surface area contributed by atoms with Crippen molar-refractivity contribution in [1.29, 1.82) is 0 Å². The SMILES string of the molecule is CSC(CO)C(C)NC(=O)c1sc2cc(C)ccc2c1N. The van der Waals surface area contributed by atoms with Crippen LogP contribution >= 0.6 is 23.1 Å². The van der Waals surface area contributed by atoms with Gasteiger partial charge in [0.2, 0.25) is 0 Å². The van der Waals surface area contributed by atoms with E-state index in [9.17, 15) is 9.90 Å². The Morgan fingerprint density at radius 1 is 1.52 bits per heavy atom. The van der Waals surface area contributed by atoms with Crippen LogP contribution in [0.2, 0.25) is 0 Å². The van der Waals surface area contributed by atoms with E-state index >= 15 is 0 Å². The van der Waals surface area contributed by atoms with Crippen LogP contribution in [0.15, 0.2) is 18.2 Å². The molecule has 4 nitrogen and oxygen atoms in total. The van der Waals surface area contributed by atoms with Gasteiger partial charge in [-0.25, -0.2) is 0 Å². The van der Waals surface area contributed by atoms with Crippen molar-refractivity contribution in [3.8, 4) is 0 Å². The molecule has 2 aromatic rings. The summed E-state index contributed by atoms with van der Waals surface area (Å²) in [4.78, 5) is 12.9. The number of benzene rings is 1. The predicted octanol–water partition coefficient (Wildman–Crippen LogP) is 2.63. The van der Waals surface area contributed by atoms with Gasteiger partial charge in [-0.2, -0.15) is 11.8 Å². The van der Waals surface area contributed by atoms with Crippen molar-refractivity contribution in [2.45, 2.75) is 25.1 Å². The summed E-state index contributed by atoms with van der Waals surface area (Å²) in [5, 5.41) is 13.1. The van der Waals surface area contributed by atoms with Crippen molar-refractivity contribution in [3.63, 3.8) is 0 Å². The summed E-state index contributed by atoms with van der Waals surface area (Å²) in [6.45, 7) is 3.94. The molecule has 0 bridgehead atoms. The van der Waals surface area contributed by atoms with Gasteiger partial charge >= 0.3 is 0 Å². The molecule has 6 heteroatoms. The number of hydrogen-bond acceptors (Lipinski definition) is 5. The fourth-order valence-corrected chi connectivity index (χ4v) is 3.94. The van der Waals surface area contributed by atoms with Crippen LogP contribution in [0.4, 0.5) is 5.69 Å². The van der Waals surface area contributed by atoms with Gasteiger partial charge in [-0.3, -0.25) is 4.79 Å². The van der Waals surface area contributed by atoms with Crippen LogP contribution in [0.1, 0.15) is 22.2 Å². The Hall–Kier alpha value is -1.24. The molecule has 1 aromatic heterocycles. The summed E-state index contributed by atoms with van der Waals surface area (Å²) >= 11 is 2.94. The number of nitrogen functional groups attached to an aromatic ring is 1. The normalized spacial score (nSPS) is 14.1. The van der Waals surface area contributed by atoms with Crippen LogP contribution in [-0.2, 0) is 0 Å². The van der Waals surface area contributed by atoms with E-state index in [0.29, 0.717) is 10.6 Å². The second-order valence-corrected chi connectivity index (χ2v) is 7.19. The van der Waals surface area contributed by atoms with Gasteiger partial charge in [0, 0.05) is 21.4 Å². The first kappa shape index (κ1) is 16.1. The fraction of sp³-hybridized carbons (Fsp3) is 0.400. The molecule has 0 fully saturated rings. The van der Waals surface area contributed by atoms with Crippen molar-refractivity contribution < 1.29 is 9.90 Å². The Labute approximate surface area is 132 Å². The van der Waals surface area contributed by atoms with Gasteiger partial charge in [0.25, 0.3) is 5.91 Å². The van der Waals surface area contributed by atoms with Crippen molar-refractivity contribution >= 4 is 44.8 Å². The van der Waals surface area contributed by atoms with Crippen molar-refractivity contribution in [2.75, 3.05) is 18.6 Å². The quantitative estimate of drug-likeness (QED) is 0.790. The largest absolute Gasteiger partial charge is 0.397 e. The molecule has 2 rings (SSSR count). The van der Waals surface area contributed by atoms with Crippen molar-refractivity contribution in [3.05, 3.63) is 28.6 Å². The highest BCUT2D eigenvalue weighted by Crippen LogP contribution is 2.34. The van der Waals surface area contributed by atoms with Crippen LogP contribution in [0, 0.1) is 6.92 Å². The molecule has 1 aromatic carbocycles. The highest BCUT2D eigenvalue weighted by Gasteiger charge is 2.21. The summed E-state index contributed by atoms with van der Waals surface area (Å²) < 4.78 is 1.02. The van der Waals surface area contributed by atoms with E-state index in [1.54, 1.807) is 0 Å². The van der Waals surface area contributed by atoms with E-state index in [0.717, 1.165) is 15.6 Å². The number of nitrogens with one attached hydrogen (secondary N) is 1. The standard InChI is InChI=1S/C15H20N2O2S2/c1-8-4-5-10-11(6-8)21-14(13(10)16)15(19)17-9(2)12(7-18)20-3/h4-6,9,12,18H,7,16H2,1-3H3,(H,17,19). The number of amides is 1. The van der Waals surface area contributed by atoms with Crippen LogP contribution in [-0.4, -0.2) is 35.2 Å². The lowest BCUT2D eigenvalue weighted by atomic mass is 10.1. The van der Waals surface area contributed by atoms with Crippen LogP contribution in [0.5, 0.6) is 0 Å². The Balaban J connectivity index is 2.25. The number of hydrogen-bond donors (Lipinski definition) is 3. The number of aliphatic hydroxyl groups excluding tert-OH is 1. The summed E-state index contributed by atoms with van der Waals surface area (Å²) in [6, 6.07) is 5.86. The molecule has 0 aliphatic heterocycles. The summed E-state index contributed by atoms with van der Waals surface area (Å²) in [7, 11) is 0. The number of carbonyl (C=O) groups excluding carboxylic acids is 1. The average Bonchev–Trinajstić information content (AvgIpc) is 2.76. The highest BCUT2D eigenvalue weighted by atomic mass is 32.2. The minimum Gasteiger partial charge on any atom is -0.397 e. The average molecular weight is 324 g/mol. The molecule has 2 atom stereocenters. The number of carbonyl (C=O) groups is 1. The fourth-order valence-electron chi connectivity index (χ4n) is 2.19. The first-order chi connectivity index (χ1) is 9.97. The van der Waals surface area contributed by atoms with Gasteiger partial charge in [-0.1, -0.05) is 12.1 Å². The zero-order valence-electron chi connectivity index (χ0n) is 12.3. The van der Waals surface area contributed by atoms with E-state index in [1.165, 1.54) is 23.1 Å². The molecule has 0 saturated carbocycles. The molecule has 0 aliphatic carbocycles. The van der Waals surface area contributed by atoms with E-state index in [-0.39, 0.29) is 23.8 Å². The van der Waals surface area contributed by atoms with Gasteiger partial charge < -0.3 is 16.2 Å². The second kappa shape index (κ2) is 6.68. The molecule has 21 heavy (non-hydrogen) atoms. The highest BCUT2D eigenvalue weighted by molar-refractivity contribution is 7.99. The maximum Gasteiger partial charge on any atom is 0.263 e. The second-order valence-electron chi connectivity index (χ2n) is 5.06. The van der Waals surface area contributed by atoms with Gasteiger partial charge in [0.1, 0.15) is 4.88 Å². The van der Waals surface area contributed by atoms with Gasteiger partial charge in [-0.15, -0.1) is 11.3 Å². The minimum atomic E-state index is -0.175. The lowest BCUT2D eigenvalue weighted by Crippen LogP contribution is -2.41. The number of anilines is 1. The zero-order chi connectivity index (χ0) is 15.6.